The van der Waals surface area contributed by atoms with Crippen molar-refractivity contribution >= 4 is 39.3 Å². The van der Waals surface area contributed by atoms with Crippen LogP contribution in [-0.2, 0) is 9.59 Å². The molecule has 3 N–H and O–H groups in total. The highest BCUT2D eigenvalue weighted by atomic mass is 79.9. The van der Waals surface area contributed by atoms with Crippen molar-refractivity contribution in [1.29, 1.82) is 0 Å². The fraction of sp³-hybridized carbons (Fsp3) is 0.300. The minimum absolute atomic E-state index is 0.155. The average Bonchev–Trinajstić information content (AvgIpc) is 2.68. The van der Waals surface area contributed by atoms with Gasteiger partial charge in [-0.25, -0.2) is 0 Å². The highest BCUT2D eigenvalue weighted by Crippen LogP contribution is 2.36. The molecule has 1 aliphatic rings. The van der Waals surface area contributed by atoms with Crippen molar-refractivity contribution in [1.82, 2.24) is 9.88 Å². The Kier molecular flexibility index (Phi) is 6.08. The molecule has 1 aromatic heterocycles. The molecule has 0 bridgehead atoms. The second kappa shape index (κ2) is 8.52. The molecule has 0 aliphatic carbocycles. The molecule has 1 aliphatic heterocycles. The van der Waals surface area contributed by atoms with Crippen LogP contribution >= 0.6 is 15.9 Å². The lowest BCUT2D eigenvalue weighted by Crippen LogP contribution is -2.46. The lowest BCUT2D eigenvalue weighted by molar-refractivity contribution is -0.146. The molecule has 1 saturated heterocycles. The number of amides is 3. The highest BCUT2D eigenvalue weighted by molar-refractivity contribution is 9.10. The first-order chi connectivity index (χ1) is 13.4. The van der Waals surface area contributed by atoms with Crippen LogP contribution in [0.2, 0.25) is 0 Å². The molecule has 3 amide bonds. The number of carbonyl (C=O) groups excluding carboxylic acids is 3. The fourth-order valence-corrected chi connectivity index (χ4v) is 3.95. The predicted octanol–water partition coefficient (Wildman–Crippen LogP) is 2.88. The number of halogens is 1. The number of aromatic nitrogens is 1. The first-order valence-electron chi connectivity index (χ1n) is 8.98. The van der Waals surface area contributed by atoms with Crippen molar-refractivity contribution in [3.05, 3.63) is 58.3 Å². The summed E-state index contributed by atoms with van der Waals surface area (Å²) in [5.74, 6) is -1.74. The van der Waals surface area contributed by atoms with Crippen LogP contribution in [0.3, 0.4) is 0 Å². The fourth-order valence-electron chi connectivity index (χ4n) is 3.40. The van der Waals surface area contributed by atoms with Crippen molar-refractivity contribution in [3.8, 4) is 0 Å². The van der Waals surface area contributed by atoms with Gasteiger partial charge in [0.25, 0.3) is 0 Å². The third-order valence-electron chi connectivity index (χ3n) is 4.82. The number of nitrogens with zero attached hydrogens (tertiary/aromatic N) is 2. The zero-order valence-electron chi connectivity index (χ0n) is 15.4. The summed E-state index contributed by atoms with van der Waals surface area (Å²) in [5.41, 5.74) is 6.61. The van der Waals surface area contributed by atoms with Crippen molar-refractivity contribution in [3.63, 3.8) is 0 Å². The van der Waals surface area contributed by atoms with Gasteiger partial charge in [0.1, 0.15) is 0 Å². The van der Waals surface area contributed by atoms with E-state index in [1.165, 1.54) is 18.5 Å². The maximum absolute atomic E-state index is 12.9. The molecule has 8 heteroatoms. The number of piperidine rings is 1. The summed E-state index contributed by atoms with van der Waals surface area (Å²) in [6.45, 7) is 2.56. The number of primary amides is 1. The van der Waals surface area contributed by atoms with E-state index in [2.05, 4.69) is 33.2 Å². The molecule has 0 radical (unpaired) electrons. The minimum Gasteiger partial charge on any atom is -0.366 e. The quantitative estimate of drug-likeness (QED) is 0.709. The minimum atomic E-state index is -0.769. The van der Waals surface area contributed by atoms with Gasteiger partial charge in [-0.1, -0.05) is 41.1 Å². The molecule has 2 heterocycles. The lowest BCUT2D eigenvalue weighted by atomic mass is 9.90. The Labute approximate surface area is 171 Å². The zero-order chi connectivity index (χ0) is 20.3. The van der Waals surface area contributed by atoms with Gasteiger partial charge >= 0.3 is 11.8 Å². The van der Waals surface area contributed by atoms with Gasteiger partial charge < -0.3 is 16.0 Å². The number of anilines is 1. The van der Waals surface area contributed by atoms with E-state index in [1.54, 1.807) is 4.90 Å². The second-order valence-electron chi connectivity index (χ2n) is 6.96. The predicted molar refractivity (Wildman–Crippen MR) is 108 cm³/mol. The van der Waals surface area contributed by atoms with E-state index in [1.807, 2.05) is 24.3 Å². The lowest BCUT2D eigenvalue weighted by Gasteiger charge is -2.39. The number of hydrogen-bond donors (Lipinski definition) is 2. The molecule has 2 aromatic rings. The number of nitrogens with two attached hydrogens (primary N) is 1. The van der Waals surface area contributed by atoms with Crippen molar-refractivity contribution < 1.29 is 14.4 Å². The van der Waals surface area contributed by atoms with Crippen molar-refractivity contribution in [2.75, 3.05) is 11.9 Å². The van der Waals surface area contributed by atoms with Gasteiger partial charge in [-0.2, -0.15) is 0 Å². The summed E-state index contributed by atoms with van der Waals surface area (Å²) in [5, 5.41) is 2.52. The van der Waals surface area contributed by atoms with Gasteiger partial charge in [0.05, 0.1) is 23.5 Å². The smallest absolute Gasteiger partial charge is 0.313 e. The maximum atomic E-state index is 12.9. The first-order valence-corrected chi connectivity index (χ1v) is 9.77. The summed E-state index contributed by atoms with van der Waals surface area (Å²) in [4.78, 5) is 42.3. The van der Waals surface area contributed by atoms with Gasteiger partial charge in [0, 0.05) is 17.2 Å². The SMILES string of the molecule is C[C@H]1CC[C@H](c2ccccc2Br)N(C(=O)C(=O)Nc2cncc(C(N)=O)c2)C1. The van der Waals surface area contributed by atoms with Gasteiger partial charge in [0.2, 0.25) is 5.91 Å². The summed E-state index contributed by atoms with van der Waals surface area (Å²) >= 11 is 3.55. The Morgan fingerprint density at radius 2 is 1.96 bits per heavy atom. The molecule has 0 spiro atoms. The van der Waals surface area contributed by atoms with Crippen LogP contribution in [0.25, 0.3) is 0 Å². The topological polar surface area (TPSA) is 105 Å². The Balaban J connectivity index is 1.81. The van der Waals surface area contributed by atoms with E-state index in [0.29, 0.717) is 12.5 Å². The van der Waals surface area contributed by atoms with Crippen LogP contribution < -0.4 is 11.1 Å². The normalized spacial score (nSPS) is 19.1. The molecular weight excluding hydrogens is 424 g/mol. The Morgan fingerprint density at radius 3 is 2.68 bits per heavy atom. The van der Waals surface area contributed by atoms with Crippen molar-refractivity contribution in [2.45, 2.75) is 25.8 Å². The summed E-state index contributed by atoms with van der Waals surface area (Å²) in [7, 11) is 0. The van der Waals surface area contributed by atoms with E-state index in [-0.39, 0.29) is 17.3 Å². The number of likely N-dealkylation sites (tertiary alicyclic amines) is 1. The van der Waals surface area contributed by atoms with E-state index < -0.39 is 17.7 Å². The number of benzene rings is 1. The van der Waals surface area contributed by atoms with Crippen molar-refractivity contribution in [2.24, 2.45) is 11.7 Å². The standard InChI is InChI=1S/C20H21BrN4O3/c1-12-6-7-17(15-4-2-3-5-16(15)21)25(11-12)20(28)19(27)24-14-8-13(18(22)26)9-23-10-14/h2-5,8-10,12,17H,6-7,11H2,1H3,(H2,22,26)(H,24,27)/t12-,17+/m0/s1. The van der Waals surface area contributed by atoms with Crippen LogP contribution in [0.1, 0.15) is 41.7 Å². The second-order valence-corrected chi connectivity index (χ2v) is 7.81. The van der Waals surface area contributed by atoms with Crippen LogP contribution in [0, 0.1) is 5.92 Å². The number of carbonyl (C=O) groups is 3. The molecule has 7 nitrogen and oxygen atoms in total. The van der Waals surface area contributed by atoms with E-state index in [0.717, 1.165) is 22.9 Å². The molecule has 0 saturated carbocycles. The Hall–Kier alpha value is -2.74. The summed E-state index contributed by atoms with van der Waals surface area (Å²) < 4.78 is 0.908. The van der Waals surface area contributed by atoms with E-state index in [9.17, 15) is 14.4 Å². The highest BCUT2D eigenvalue weighted by Gasteiger charge is 2.35. The average molecular weight is 445 g/mol. The third-order valence-corrected chi connectivity index (χ3v) is 5.54. The molecular formula is C20H21BrN4O3. The van der Waals surface area contributed by atoms with Gasteiger partial charge in [-0.05, 0) is 36.5 Å². The number of hydrogen-bond acceptors (Lipinski definition) is 4. The summed E-state index contributed by atoms with van der Waals surface area (Å²) in [6.07, 6.45) is 4.42. The Bertz CT molecular complexity index is 918. The first kappa shape index (κ1) is 20.0. The summed E-state index contributed by atoms with van der Waals surface area (Å²) in [6, 6.07) is 8.93. The monoisotopic (exact) mass is 444 g/mol. The molecule has 28 heavy (non-hydrogen) atoms. The number of rotatable bonds is 3. The molecule has 2 atom stereocenters. The molecule has 1 fully saturated rings. The molecule has 1 aromatic carbocycles. The van der Waals surface area contributed by atoms with E-state index >= 15 is 0 Å². The van der Waals surface area contributed by atoms with Gasteiger partial charge in [0.15, 0.2) is 0 Å². The van der Waals surface area contributed by atoms with Gasteiger partial charge in [-0.3, -0.25) is 19.4 Å². The molecule has 146 valence electrons. The third kappa shape index (κ3) is 4.39. The van der Waals surface area contributed by atoms with Crippen LogP contribution in [-0.4, -0.2) is 34.2 Å². The largest absolute Gasteiger partial charge is 0.366 e. The van der Waals surface area contributed by atoms with Crippen LogP contribution in [0.4, 0.5) is 5.69 Å². The van der Waals surface area contributed by atoms with Crippen LogP contribution in [0.5, 0.6) is 0 Å². The van der Waals surface area contributed by atoms with Gasteiger partial charge in [-0.15, -0.1) is 0 Å². The number of pyridine rings is 1. The molecule has 0 unspecified atom stereocenters. The van der Waals surface area contributed by atoms with E-state index in [4.69, 9.17) is 5.73 Å². The number of nitrogens with one attached hydrogen (secondary N) is 1. The molecule has 3 rings (SSSR count). The Morgan fingerprint density at radius 1 is 1.21 bits per heavy atom. The maximum Gasteiger partial charge on any atom is 0.313 e. The van der Waals surface area contributed by atoms with Crippen LogP contribution in [0.15, 0.2) is 47.2 Å². The zero-order valence-corrected chi connectivity index (χ0v) is 17.0.